The van der Waals surface area contributed by atoms with E-state index in [4.69, 9.17) is 0 Å². The van der Waals surface area contributed by atoms with E-state index in [9.17, 15) is 22.8 Å². The SMILES string of the molecule is COC(=O)/C=C(/Nc1ccc(OC)c(C(F)(F)F)c1)C(=O)OC. The molecule has 0 atom stereocenters. The molecular weight excluding hydrogens is 319 g/mol. The molecule has 126 valence electrons. The van der Waals surface area contributed by atoms with E-state index in [0.29, 0.717) is 0 Å². The van der Waals surface area contributed by atoms with E-state index < -0.39 is 23.7 Å². The van der Waals surface area contributed by atoms with Crippen LogP contribution in [0.25, 0.3) is 0 Å². The van der Waals surface area contributed by atoms with E-state index in [-0.39, 0.29) is 17.1 Å². The van der Waals surface area contributed by atoms with E-state index in [1.165, 1.54) is 6.07 Å². The predicted molar refractivity (Wildman–Crippen MR) is 73.7 cm³/mol. The fraction of sp³-hybridized carbons (Fsp3) is 0.286. The van der Waals surface area contributed by atoms with Crippen LogP contribution in [0.1, 0.15) is 5.56 Å². The third-order valence-electron chi connectivity index (χ3n) is 2.65. The van der Waals surface area contributed by atoms with Crippen molar-refractivity contribution in [3.63, 3.8) is 0 Å². The monoisotopic (exact) mass is 333 g/mol. The molecule has 0 aliphatic carbocycles. The number of methoxy groups -OCH3 is 3. The van der Waals surface area contributed by atoms with Gasteiger partial charge in [0.05, 0.1) is 33.0 Å². The van der Waals surface area contributed by atoms with E-state index in [1.54, 1.807) is 0 Å². The molecule has 0 saturated carbocycles. The van der Waals surface area contributed by atoms with Crippen molar-refractivity contribution < 1.29 is 37.0 Å². The smallest absolute Gasteiger partial charge is 0.420 e. The summed E-state index contributed by atoms with van der Waals surface area (Å²) in [6.45, 7) is 0. The lowest BCUT2D eigenvalue weighted by atomic mass is 10.1. The van der Waals surface area contributed by atoms with Gasteiger partial charge in [-0.25, -0.2) is 9.59 Å². The second kappa shape index (κ2) is 7.52. The van der Waals surface area contributed by atoms with Gasteiger partial charge in [0.1, 0.15) is 11.4 Å². The number of anilines is 1. The van der Waals surface area contributed by atoms with Gasteiger partial charge in [0.2, 0.25) is 0 Å². The Bertz CT molecular complexity index is 625. The van der Waals surface area contributed by atoms with Crippen LogP contribution >= 0.6 is 0 Å². The molecule has 1 N–H and O–H groups in total. The Hall–Kier alpha value is -2.71. The standard InChI is InChI=1S/C14H14F3NO5/c1-21-11-5-4-8(6-9(11)14(15,16)17)18-10(13(20)23-3)7-12(19)22-2/h4-7,18H,1-3H3/b10-7+. The molecule has 0 aromatic heterocycles. The first-order chi connectivity index (χ1) is 10.7. The van der Waals surface area contributed by atoms with Crippen LogP contribution in [0.5, 0.6) is 5.75 Å². The number of halogens is 3. The number of rotatable bonds is 5. The normalized spacial score (nSPS) is 11.7. The van der Waals surface area contributed by atoms with Crippen molar-refractivity contribution in [1.82, 2.24) is 0 Å². The van der Waals surface area contributed by atoms with E-state index >= 15 is 0 Å². The topological polar surface area (TPSA) is 73.9 Å². The fourth-order valence-corrected chi connectivity index (χ4v) is 1.60. The zero-order chi connectivity index (χ0) is 17.6. The van der Waals surface area contributed by atoms with Gasteiger partial charge in [-0.05, 0) is 18.2 Å². The molecular formula is C14H14F3NO5. The average molecular weight is 333 g/mol. The average Bonchev–Trinajstić information content (AvgIpc) is 2.52. The highest BCUT2D eigenvalue weighted by Crippen LogP contribution is 2.37. The molecule has 0 aliphatic rings. The fourth-order valence-electron chi connectivity index (χ4n) is 1.60. The Morgan fingerprint density at radius 2 is 1.78 bits per heavy atom. The zero-order valence-electron chi connectivity index (χ0n) is 12.5. The van der Waals surface area contributed by atoms with Crippen molar-refractivity contribution in [2.24, 2.45) is 0 Å². The maximum Gasteiger partial charge on any atom is 0.420 e. The summed E-state index contributed by atoms with van der Waals surface area (Å²) in [5, 5.41) is 2.39. The van der Waals surface area contributed by atoms with Gasteiger partial charge in [-0.15, -0.1) is 0 Å². The van der Waals surface area contributed by atoms with Crippen molar-refractivity contribution in [2.45, 2.75) is 6.18 Å². The Balaban J connectivity index is 3.22. The van der Waals surface area contributed by atoms with Crippen LogP contribution in [0.3, 0.4) is 0 Å². The molecule has 0 fully saturated rings. The number of hydrogen-bond donors (Lipinski definition) is 1. The zero-order valence-corrected chi connectivity index (χ0v) is 12.5. The lowest BCUT2D eigenvalue weighted by Crippen LogP contribution is -2.16. The van der Waals surface area contributed by atoms with Crippen LogP contribution in [0.4, 0.5) is 18.9 Å². The molecule has 0 heterocycles. The van der Waals surface area contributed by atoms with Gasteiger partial charge in [-0.2, -0.15) is 13.2 Å². The Morgan fingerprint density at radius 1 is 1.13 bits per heavy atom. The van der Waals surface area contributed by atoms with Gasteiger partial charge in [0.25, 0.3) is 0 Å². The molecule has 0 aliphatic heterocycles. The van der Waals surface area contributed by atoms with Crippen LogP contribution < -0.4 is 10.1 Å². The second-order valence-corrected chi connectivity index (χ2v) is 4.11. The minimum absolute atomic E-state index is 0.0846. The molecule has 0 saturated heterocycles. The summed E-state index contributed by atoms with van der Waals surface area (Å²) in [5.74, 6) is -2.19. The summed E-state index contributed by atoms with van der Waals surface area (Å²) in [6.07, 6.45) is -3.89. The lowest BCUT2D eigenvalue weighted by Gasteiger charge is -2.15. The first-order valence-electron chi connectivity index (χ1n) is 6.13. The molecule has 9 heteroatoms. The number of nitrogens with one attached hydrogen (secondary N) is 1. The van der Waals surface area contributed by atoms with Crippen LogP contribution in [0.15, 0.2) is 30.0 Å². The summed E-state index contributed by atoms with van der Waals surface area (Å²) >= 11 is 0. The number of alkyl halides is 3. The van der Waals surface area contributed by atoms with Gasteiger partial charge >= 0.3 is 18.1 Å². The van der Waals surface area contributed by atoms with Crippen LogP contribution in [0.2, 0.25) is 0 Å². The summed E-state index contributed by atoms with van der Waals surface area (Å²) in [6, 6.07) is 3.08. The van der Waals surface area contributed by atoms with Gasteiger partial charge in [-0.1, -0.05) is 0 Å². The maximum atomic E-state index is 13.0. The molecule has 0 unspecified atom stereocenters. The van der Waals surface area contributed by atoms with Crippen molar-refractivity contribution in [2.75, 3.05) is 26.6 Å². The molecule has 0 spiro atoms. The Morgan fingerprint density at radius 3 is 2.26 bits per heavy atom. The largest absolute Gasteiger partial charge is 0.496 e. The van der Waals surface area contributed by atoms with E-state index in [0.717, 1.165) is 39.5 Å². The van der Waals surface area contributed by atoms with E-state index in [2.05, 4.69) is 19.5 Å². The van der Waals surface area contributed by atoms with Crippen molar-refractivity contribution >= 4 is 17.6 Å². The van der Waals surface area contributed by atoms with Crippen molar-refractivity contribution in [3.8, 4) is 5.75 Å². The molecule has 0 bridgehead atoms. The van der Waals surface area contributed by atoms with Crippen LogP contribution in [0, 0.1) is 0 Å². The van der Waals surface area contributed by atoms with Gasteiger partial charge in [-0.3, -0.25) is 0 Å². The summed E-state index contributed by atoms with van der Waals surface area (Å²) in [4.78, 5) is 22.8. The third kappa shape index (κ3) is 4.90. The number of esters is 2. The quantitative estimate of drug-likeness (QED) is 0.659. The Labute approximate surface area is 129 Å². The summed E-state index contributed by atoms with van der Waals surface area (Å²) in [5.41, 5.74) is -1.50. The molecule has 0 radical (unpaired) electrons. The summed E-state index contributed by atoms with van der Waals surface area (Å²) < 4.78 is 52.3. The number of benzene rings is 1. The molecule has 1 rings (SSSR count). The molecule has 0 amide bonds. The molecule has 23 heavy (non-hydrogen) atoms. The molecule has 6 nitrogen and oxygen atoms in total. The highest BCUT2D eigenvalue weighted by atomic mass is 19.4. The number of carbonyl (C=O) groups excluding carboxylic acids is 2. The van der Waals surface area contributed by atoms with Gasteiger partial charge in [0.15, 0.2) is 0 Å². The van der Waals surface area contributed by atoms with Crippen molar-refractivity contribution in [3.05, 3.63) is 35.5 Å². The molecule has 1 aromatic rings. The number of ether oxygens (including phenoxy) is 3. The van der Waals surface area contributed by atoms with Gasteiger partial charge in [0, 0.05) is 5.69 Å². The van der Waals surface area contributed by atoms with E-state index in [1.807, 2.05) is 0 Å². The highest BCUT2D eigenvalue weighted by molar-refractivity contribution is 5.98. The van der Waals surface area contributed by atoms with Gasteiger partial charge < -0.3 is 19.5 Å². The maximum absolute atomic E-state index is 13.0. The highest BCUT2D eigenvalue weighted by Gasteiger charge is 2.34. The summed E-state index contributed by atoms with van der Waals surface area (Å²) in [7, 11) is 3.25. The Kier molecular flexibility index (Phi) is 6.00. The van der Waals surface area contributed by atoms with Crippen LogP contribution in [-0.4, -0.2) is 33.3 Å². The second-order valence-electron chi connectivity index (χ2n) is 4.11. The predicted octanol–water partition coefficient (Wildman–Crippen LogP) is 2.36. The number of carbonyl (C=O) groups is 2. The lowest BCUT2D eigenvalue weighted by molar-refractivity contribution is -0.138. The first-order valence-corrected chi connectivity index (χ1v) is 6.13. The number of hydrogen-bond acceptors (Lipinski definition) is 6. The van der Waals surface area contributed by atoms with Crippen molar-refractivity contribution in [1.29, 1.82) is 0 Å². The molecule has 1 aromatic carbocycles. The minimum Gasteiger partial charge on any atom is -0.496 e. The minimum atomic E-state index is -4.65. The third-order valence-corrected chi connectivity index (χ3v) is 2.65. The van der Waals surface area contributed by atoms with Crippen LogP contribution in [-0.2, 0) is 25.2 Å². The first kappa shape index (κ1) is 18.3.